The third-order valence-electron chi connectivity index (χ3n) is 8.58. The summed E-state index contributed by atoms with van der Waals surface area (Å²) in [5.41, 5.74) is 1.86. The maximum atomic E-state index is 14.2. The number of anilines is 1. The van der Waals surface area contributed by atoms with Crippen LogP contribution in [0.25, 0.3) is 0 Å². The number of hydrogen-bond donors (Lipinski definition) is 1. The monoisotopic (exact) mass is 701 g/mol. The molecule has 9 nitrogen and oxygen atoms in total. The summed E-state index contributed by atoms with van der Waals surface area (Å²) in [6.45, 7) is 0.852. The largest absolute Gasteiger partial charge is 0.486 e. The molecule has 3 aromatic carbocycles. The fourth-order valence-electron chi connectivity index (χ4n) is 6.14. The molecule has 252 valence electrons. The summed E-state index contributed by atoms with van der Waals surface area (Å²) in [5, 5.41) is 4.01. The smallest absolute Gasteiger partial charge is 0.243 e. The summed E-state index contributed by atoms with van der Waals surface area (Å²) in [7, 11) is -3.70. The highest BCUT2D eigenvalue weighted by Crippen LogP contribution is 2.35. The van der Waals surface area contributed by atoms with Crippen LogP contribution in [0.5, 0.6) is 11.5 Å². The molecule has 2 amide bonds. The van der Waals surface area contributed by atoms with Gasteiger partial charge in [-0.3, -0.25) is 13.9 Å². The molecule has 1 N–H and O–H groups in total. The first-order chi connectivity index (χ1) is 22.6. The number of hydrogen-bond acceptors (Lipinski definition) is 6. The van der Waals surface area contributed by atoms with Crippen molar-refractivity contribution >= 4 is 50.7 Å². The van der Waals surface area contributed by atoms with E-state index in [0.29, 0.717) is 52.4 Å². The molecular weight excluding hydrogens is 661 g/mol. The van der Waals surface area contributed by atoms with E-state index in [-0.39, 0.29) is 43.8 Å². The van der Waals surface area contributed by atoms with Crippen molar-refractivity contribution in [2.45, 2.75) is 70.0 Å². The zero-order valence-electron chi connectivity index (χ0n) is 26.5. The molecule has 1 atom stereocenters. The number of carbonyl (C=O) groups is 2. The normalized spacial score (nSPS) is 15.5. The molecule has 0 saturated heterocycles. The van der Waals surface area contributed by atoms with E-state index < -0.39 is 16.1 Å². The molecule has 12 heteroatoms. The molecule has 0 spiro atoms. The van der Waals surface area contributed by atoms with Gasteiger partial charge >= 0.3 is 0 Å². The first-order valence-corrected chi connectivity index (χ1v) is 18.6. The molecule has 1 aliphatic carbocycles. The number of benzene rings is 3. The minimum atomic E-state index is -3.70. The molecule has 1 fully saturated rings. The number of amides is 2. The number of rotatable bonds is 13. The summed E-state index contributed by atoms with van der Waals surface area (Å²) in [6.07, 6.45) is 6.65. The van der Waals surface area contributed by atoms with Gasteiger partial charge in [-0.05, 0) is 49.1 Å². The van der Waals surface area contributed by atoms with Gasteiger partial charge in [0.25, 0.3) is 0 Å². The Bertz CT molecular complexity index is 1630. The van der Waals surface area contributed by atoms with Crippen LogP contribution < -0.4 is 19.1 Å². The Labute approximate surface area is 287 Å². The van der Waals surface area contributed by atoms with E-state index in [4.69, 9.17) is 32.7 Å². The van der Waals surface area contributed by atoms with Crippen molar-refractivity contribution in [3.8, 4) is 11.5 Å². The Balaban J connectivity index is 1.40. The van der Waals surface area contributed by atoms with Crippen LogP contribution in [0.2, 0.25) is 10.0 Å². The van der Waals surface area contributed by atoms with Crippen LogP contribution >= 0.6 is 23.2 Å². The van der Waals surface area contributed by atoms with E-state index in [0.717, 1.165) is 43.9 Å². The molecule has 0 bridgehead atoms. The molecule has 1 aliphatic heterocycles. The van der Waals surface area contributed by atoms with Crippen LogP contribution in [-0.2, 0) is 32.6 Å². The zero-order chi connectivity index (χ0) is 33.4. The first kappa shape index (κ1) is 34.9. The van der Waals surface area contributed by atoms with Gasteiger partial charge in [0.2, 0.25) is 21.8 Å². The Morgan fingerprint density at radius 1 is 0.915 bits per heavy atom. The molecule has 5 rings (SSSR count). The lowest BCUT2D eigenvalue weighted by Crippen LogP contribution is -2.53. The van der Waals surface area contributed by atoms with E-state index in [1.807, 2.05) is 30.3 Å². The van der Waals surface area contributed by atoms with Crippen molar-refractivity contribution in [2.24, 2.45) is 0 Å². The Hall–Kier alpha value is -3.47. The number of carbonyl (C=O) groups excluding carboxylic acids is 2. The standard InChI is InChI=1S/C35H41Cl2N3O6S/c1-47(43,44)40(27-17-18-32-33(23-27)46-21-20-45-32)19-9-16-34(41)39(24-28-29(36)14-8-15-30(28)37)31(22-25-10-4-2-5-11-25)35(42)38-26-12-6-3-7-13-26/h2,4-5,8,10-11,14-15,17-18,23,26,31H,3,6-7,9,12-13,16,19-22,24H2,1H3,(H,38,42). The van der Waals surface area contributed by atoms with Gasteiger partial charge in [0.1, 0.15) is 19.3 Å². The van der Waals surface area contributed by atoms with Crippen LogP contribution in [0.3, 0.4) is 0 Å². The van der Waals surface area contributed by atoms with E-state index in [1.165, 1.54) is 4.31 Å². The molecule has 1 saturated carbocycles. The van der Waals surface area contributed by atoms with Crippen LogP contribution in [0.15, 0.2) is 66.7 Å². The maximum absolute atomic E-state index is 14.2. The summed E-state index contributed by atoms with van der Waals surface area (Å²) in [6, 6.07) is 18.9. The lowest BCUT2D eigenvalue weighted by atomic mass is 9.94. The minimum absolute atomic E-state index is 0.0133. The summed E-state index contributed by atoms with van der Waals surface area (Å²) < 4.78 is 38.3. The second kappa shape index (κ2) is 16.1. The van der Waals surface area contributed by atoms with Crippen LogP contribution in [0, 0.1) is 0 Å². The number of fused-ring (bicyclic) bond motifs is 1. The average molecular weight is 703 g/mol. The summed E-state index contributed by atoms with van der Waals surface area (Å²) in [5.74, 6) is 0.477. The number of nitrogens with one attached hydrogen (secondary N) is 1. The maximum Gasteiger partial charge on any atom is 0.243 e. The average Bonchev–Trinajstić information content (AvgIpc) is 3.06. The minimum Gasteiger partial charge on any atom is -0.486 e. The van der Waals surface area contributed by atoms with Gasteiger partial charge in [-0.1, -0.05) is 78.9 Å². The van der Waals surface area contributed by atoms with Gasteiger partial charge in [-0.2, -0.15) is 0 Å². The topological polar surface area (TPSA) is 105 Å². The lowest BCUT2D eigenvalue weighted by molar-refractivity contribution is -0.141. The Morgan fingerprint density at radius 2 is 1.60 bits per heavy atom. The highest BCUT2D eigenvalue weighted by atomic mass is 35.5. The number of ether oxygens (including phenoxy) is 2. The highest BCUT2D eigenvalue weighted by Gasteiger charge is 2.33. The van der Waals surface area contributed by atoms with Gasteiger partial charge in [-0.25, -0.2) is 8.42 Å². The molecule has 3 aromatic rings. The second-order valence-electron chi connectivity index (χ2n) is 12.0. The second-order valence-corrected chi connectivity index (χ2v) is 14.8. The first-order valence-electron chi connectivity index (χ1n) is 16.0. The van der Waals surface area contributed by atoms with Crippen LogP contribution in [-0.4, -0.2) is 63.2 Å². The number of halogens is 2. The third kappa shape index (κ3) is 9.33. The van der Waals surface area contributed by atoms with Gasteiger partial charge in [0.15, 0.2) is 11.5 Å². The van der Waals surface area contributed by atoms with Gasteiger partial charge in [-0.15, -0.1) is 0 Å². The van der Waals surface area contributed by atoms with Crippen molar-refractivity contribution in [2.75, 3.05) is 30.3 Å². The molecule has 1 unspecified atom stereocenters. The predicted octanol–water partition coefficient (Wildman–Crippen LogP) is 6.40. The molecule has 2 aliphatic rings. The molecule has 0 aromatic heterocycles. The quantitative estimate of drug-likeness (QED) is 0.221. The Morgan fingerprint density at radius 3 is 2.28 bits per heavy atom. The fourth-order valence-corrected chi connectivity index (χ4v) is 7.62. The van der Waals surface area contributed by atoms with Crippen molar-refractivity contribution in [1.82, 2.24) is 10.2 Å². The van der Waals surface area contributed by atoms with Crippen molar-refractivity contribution in [3.05, 3.63) is 87.9 Å². The highest BCUT2D eigenvalue weighted by molar-refractivity contribution is 7.92. The van der Waals surface area contributed by atoms with Crippen molar-refractivity contribution < 1.29 is 27.5 Å². The van der Waals surface area contributed by atoms with Crippen LogP contribution in [0.4, 0.5) is 5.69 Å². The van der Waals surface area contributed by atoms with Gasteiger partial charge in [0.05, 0.1) is 11.9 Å². The third-order valence-corrected chi connectivity index (χ3v) is 10.5. The van der Waals surface area contributed by atoms with Crippen molar-refractivity contribution in [3.63, 3.8) is 0 Å². The van der Waals surface area contributed by atoms with E-state index in [2.05, 4.69) is 5.32 Å². The van der Waals surface area contributed by atoms with Crippen molar-refractivity contribution in [1.29, 1.82) is 0 Å². The van der Waals surface area contributed by atoms with E-state index in [9.17, 15) is 18.0 Å². The molecule has 0 radical (unpaired) electrons. The van der Waals surface area contributed by atoms with E-state index >= 15 is 0 Å². The molecule has 47 heavy (non-hydrogen) atoms. The number of sulfonamides is 1. The Kier molecular flexibility index (Phi) is 11.9. The SMILES string of the molecule is CS(=O)(=O)N(CCCC(=O)N(Cc1c(Cl)cccc1Cl)C(Cc1ccccc1)C(=O)NC1CCCCC1)c1ccc2c(c1)OCCO2. The van der Waals surface area contributed by atoms with E-state index in [1.54, 1.807) is 41.3 Å². The zero-order valence-corrected chi connectivity index (χ0v) is 28.8. The summed E-state index contributed by atoms with van der Waals surface area (Å²) >= 11 is 13.2. The van der Waals surface area contributed by atoms with Crippen LogP contribution in [0.1, 0.15) is 56.1 Å². The summed E-state index contributed by atoms with van der Waals surface area (Å²) in [4.78, 5) is 29.8. The van der Waals surface area contributed by atoms with Gasteiger partial charge < -0.3 is 19.7 Å². The number of nitrogens with zero attached hydrogens (tertiary/aromatic N) is 2. The molecule has 1 heterocycles. The van der Waals surface area contributed by atoms with Gasteiger partial charge in [0, 0.05) is 53.6 Å². The fraction of sp³-hybridized carbons (Fsp3) is 0.429. The molecular formula is C35H41Cl2N3O6S. The predicted molar refractivity (Wildman–Crippen MR) is 185 cm³/mol. The lowest BCUT2D eigenvalue weighted by Gasteiger charge is -2.34.